The van der Waals surface area contributed by atoms with Gasteiger partial charge in [0.05, 0.1) is 5.92 Å². The highest BCUT2D eigenvalue weighted by Gasteiger charge is 2.32. The van der Waals surface area contributed by atoms with Gasteiger partial charge in [-0.3, -0.25) is 9.59 Å². The summed E-state index contributed by atoms with van der Waals surface area (Å²) in [6.07, 6.45) is 1.92. The van der Waals surface area contributed by atoms with Crippen LogP contribution in [0.5, 0.6) is 0 Å². The Kier molecular flexibility index (Phi) is 5.41. The molecule has 1 fully saturated rings. The van der Waals surface area contributed by atoms with Crippen LogP contribution in [0.2, 0.25) is 0 Å². The summed E-state index contributed by atoms with van der Waals surface area (Å²) in [6.45, 7) is 5.74. The van der Waals surface area contributed by atoms with Crippen molar-refractivity contribution in [1.82, 2.24) is 10.2 Å². The monoisotopic (exact) mass is 242 g/mol. The lowest BCUT2D eigenvalue weighted by Crippen LogP contribution is -2.52. The van der Waals surface area contributed by atoms with Gasteiger partial charge in [0, 0.05) is 25.6 Å². The minimum Gasteiger partial charge on any atom is -0.481 e. The summed E-state index contributed by atoms with van der Waals surface area (Å²) < 4.78 is 0. The average Bonchev–Trinajstić information content (AvgIpc) is 2.29. The van der Waals surface area contributed by atoms with E-state index in [-0.39, 0.29) is 11.9 Å². The number of piperidine rings is 1. The van der Waals surface area contributed by atoms with E-state index in [9.17, 15) is 9.59 Å². The Morgan fingerprint density at radius 3 is 2.59 bits per heavy atom. The summed E-state index contributed by atoms with van der Waals surface area (Å²) in [6, 6.07) is 0.107. The SMILES string of the molecule is CCCC(=O)N1CC(NCC)CC(C(=O)O)C1. The molecule has 1 aliphatic rings. The number of likely N-dealkylation sites (tertiary alicyclic amines) is 1. The number of aliphatic carboxylic acids is 1. The number of nitrogens with one attached hydrogen (secondary N) is 1. The number of carboxylic acid groups (broad SMARTS) is 1. The zero-order valence-electron chi connectivity index (χ0n) is 10.6. The van der Waals surface area contributed by atoms with Crippen molar-refractivity contribution in [3.8, 4) is 0 Å². The van der Waals surface area contributed by atoms with Gasteiger partial charge in [0.15, 0.2) is 0 Å². The van der Waals surface area contributed by atoms with Gasteiger partial charge in [0.2, 0.25) is 5.91 Å². The van der Waals surface area contributed by atoms with Gasteiger partial charge in [-0.15, -0.1) is 0 Å². The number of likely N-dealkylation sites (N-methyl/N-ethyl adjacent to an activating group) is 1. The molecule has 0 saturated carbocycles. The van der Waals surface area contributed by atoms with Gasteiger partial charge in [0.1, 0.15) is 0 Å². The first-order chi connectivity index (χ1) is 8.08. The van der Waals surface area contributed by atoms with Crippen molar-refractivity contribution in [1.29, 1.82) is 0 Å². The van der Waals surface area contributed by atoms with Gasteiger partial charge in [0.25, 0.3) is 0 Å². The van der Waals surface area contributed by atoms with E-state index in [1.54, 1.807) is 4.90 Å². The van der Waals surface area contributed by atoms with Crippen molar-refractivity contribution < 1.29 is 14.7 Å². The second-order valence-corrected chi connectivity index (χ2v) is 4.57. The van der Waals surface area contributed by atoms with E-state index in [2.05, 4.69) is 5.32 Å². The quantitative estimate of drug-likeness (QED) is 0.744. The largest absolute Gasteiger partial charge is 0.481 e. The van der Waals surface area contributed by atoms with Crippen molar-refractivity contribution in [2.75, 3.05) is 19.6 Å². The fraction of sp³-hybridized carbons (Fsp3) is 0.833. The minimum absolute atomic E-state index is 0.0707. The normalized spacial score (nSPS) is 24.7. The van der Waals surface area contributed by atoms with Crippen molar-refractivity contribution >= 4 is 11.9 Å². The molecule has 1 aliphatic heterocycles. The minimum atomic E-state index is -0.804. The topological polar surface area (TPSA) is 69.6 Å². The van der Waals surface area contributed by atoms with E-state index < -0.39 is 11.9 Å². The van der Waals surface area contributed by atoms with E-state index in [1.165, 1.54) is 0 Å². The molecule has 1 rings (SSSR count). The second kappa shape index (κ2) is 6.59. The molecule has 5 heteroatoms. The van der Waals surface area contributed by atoms with Crippen LogP contribution in [0.15, 0.2) is 0 Å². The van der Waals surface area contributed by atoms with E-state index in [0.717, 1.165) is 13.0 Å². The summed E-state index contributed by atoms with van der Waals surface area (Å²) in [4.78, 5) is 24.6. The van der Waals surface area contributed by atoms with Crippen LogP contribution in [0.25, 0.3) is 0 Å². The number of amides is 1. The first-order valence-corrected chi connectivity index (χ1v) is 6.32. The Morgan fingerprint density at radius 1 is 1.35 bits per heavy atom. The highest BCUT2D eigenvalue weighted by Crippen LogP contribution is 2.18. The van der Waals surface area contributed by atoms with Crippen LogP contribution >= 0.6 is 0 Å². The molecular weight excluding hydrogens is 220 g/mol. The van der Waals surface area contributed by atoms with Crippen LogP contribution in [0.4, 0.5) is 0 Å². The number of carboxylic acids is 1. The van der Waals surface area contributed by atoms with Crippen molar-refractivity contribution in [3.63, 3.8) is 0 Å². The maximum atomic E-state index is 11.8. The van der Waals surface area contributed by atoms with Crippen LogP contribution in [-0.4, -0.2) is 47.6 Å². The van der Waals surface area contributed by atoms with E-state index >= 15 is 0 Å². The summed E-state index contributed by atoms with van der Waals surface area (Å²) in [5, 5.41) is 12.3. The molecule has 0 aromatic heterocycles. The molecule has 1 saturated heterocycles. The predicted molar refractivity (Wildman–Crippen MR) is 64.7 cm³/mol. The molecule has 0 spiro atoms. The number of nitrogens with zero attached hydrogens (tertiary/aromatic N) is 1. The third kappa shape index (κ3) is 4.00. The van der Waals surface area contributed by atoms with Crippen LogP contribution in [0.1, 0.15) is 33.1 Å². The van der Waals surface area contributed by atoms with E-state index in [1.807, 2.05) is 13.8 Å². The molecule has 98 valence electrons. The Bertz CT molecular complexity index is 281. The van der Waals surface area contributed by atoms with Gasteiger partial charge in [-0.05, 0) is 19.4 Å². The third-order valence-electron chi connectivity index (χ3n) is 3.11. The highest BCUT2D eigenvalue weighted by atomic mass is 16.4. The maximum absolute atomic E-state index is 11.8. The summed E-state index contributed by atoms with van der Waals surface area (Å²) in [5.41, 5.74) is 0. The molecule has 2 atom stereocenters. The smallest absolute Gasteiger partial charge is 0.308 e. The molecule has 2 unspecified atom stereocenters. The molecule has 5 nitrogen and oxygen atoms in total. The van der Waals surface area contributed by atoms with Crippen LogP contribution in [0.3, 0.4) is 0 Å². The molecule has 0 bridgehead atoms. The highest BCUT2D eigenvalue weighted by molar-refractivity contribution is 5.78. The molecule has 0 aromatic carbocycles. The maximum Gasteiger partial charge on any atom is 0.308 e. The fourth-order valence-corrected chi connectivity index (χ4v) is 2.29. The molecule has 0 aromatic rings. The Hall–Kier alpha value is -1.10. The molecule has 2 N–H and O–H groups in total. The Labute approximate surface area is 102 Å². The number of hydrogen-bond donors (Lipinski definition) is 2. The third-order valence-corrected chi connectivity index (χ3v) is 3.11. The lowest BCUT2D eigenvalue weighted by molar-refractivity contribution is -0.146. The first kappa shape index (κ1) is 14.0. The number of carbonyl (C=O) groups is 2. The van der Waals surface area contributed by atoms with Gasteiger partial charge >= 0.3 is 5.97 Å². The zero-order valence-corrected chi connectivity index (χ0v) is 10.6. The summed E-state index contributed by atoms with van der Waals surface area (Å²) in [5.74, 6) is -1.17. The lowest BCUT2D eigenvalue weighted by Gasteiger charge is -2.36. The Balaban J connectivity index is 2.64. The average molecular weight is 242 g/mol. The first-order valence-electron chi connectivity index (χ1n) is 6.32. The van der Waals surface area contributed by atoms with E-state index in [0.29, 0.717) is 25.9 Å². The molecule has 1 heterocycles. The van der Waals surface area contributed by atoms with Gasteiger partial charge in [-0.25, -0.2) is 0 Å². The molecule has 0 radical (unpaired) electrons. The van der Waals surface area contributed by atoms with Gasteiger partial charge in [-0.2, -0.15) is 0 Å². The predicted octanol–water partition coefficient (Wildman–Crippen LogP) is 0.698. The molecular formula is C12H22N2O3. The van der Waals surface area contributed by atoms with Crippen LogP contribution < -0.4 is 5.32 Å². The number of hydrogen-bond acceptors (Lipinski definition) is 3. The van der Waals surface area contributed by atoms with Crippen molar-refractivity contribution in [2.24, 2.45) is 5.92 Å². The van der Waals surface area contributed by atoms with Gasteiger partial charge < -0.3 is 15.3 Å². The molecule has 17 heavy (non-hydrogen) atoms. The zero-order chi connectivity index (χ0) is 12.8. The summed E-state index contributed by atoms with van der Waals surface area (Å²) in [7, 11) is 0. The fourth-order valence-electron chi connectivity index (χ4n) is 2.29. The van der Waals surface area contributed by atoms with Gasteiger partial charge in [-0.1, -0.05) is 13.8 Å². The molecule has 1 amide bonds. The number of rotatable bonds is 5. The molecule has 0 aliphatic carbocycles. The van der Waals surface area contributed by atoms with Crippen LogP contribution in [0, 0.1) is 5.92 Å². The lowest BCUT2D eigenvalue weighted by atomic mass is 9.94. The summed E-state index contributed by atoms with van der Waals surface area (Å²) >= 11 is 0. The number of carbonyl (C=O) groups excluding carboxylic acids is 1. The van der Waals surface area contributed by atoms with E-state index in [4.69, 9.17) is 5.11 Å². The van der Waals surface area contributed by atoms with Crippen LogP contribution in [-0.2, 0) is 9.59 Å². The second-order valence-electron chi connectivity index (χ2n) is 4.57. The Morgan fingerprint density at radius 2 is 2.06 bits per heavy atom. The van der Waals surface area contributed by atoms with Crippen molar-refractivity contribution in [3.05, 3.63) is 0 Å². The standard InChI is InChI=1S/C12H22N2O3/c1-3-5-11(15)14-7-9(12(16)17)6-10(8-14)13-4-2/h9-10,13H,3-8H2,1-2H3,(H,16,17). The van der Waals surface area contributed by atoms with Crippen molar-refractivity contribution in [2.45, 2.75) is 39.2 Å².